The summed E-state index contributed by atoms with van der Waals surface area (Å²) >= 11 is 0. The van der Waals surface area contributed by atoms with Crippen molar-refractivity contribution in [2.75, 3.05) is 19.7 Å². The van der Waals surface area contributed by atoms with E-state index < -0.39 is 0 Å². The Bertz CT molecular complexity index is 929. The van der Waals surface area contributed by atoms with E-state index in [1.165, 1.54) is 44.7 Å². The fourth-order valence-corrected chi connectivity index (χ4v) is 4.96. The molecule has 0 spiro atoms. The zero-order valence-electron chi connectivity index (χ0n) is 19.2. The number of carbonyl (C=O) groups excluding carboxylic acids is 2. The fourth-order valence-electron chi connectivity index (χ4n) is 4.96. The normalized spacial score (nSPS) is 20.1. The van der Waals surface area contributed by atoms with Gasteiger partial charge in [-0.2, -0.15) is 5.10 Å². The Morgan fingerprint density at radius 1 is 1.09 bits per heavy atom. The summed E-state index contributed by atoms with van der Waals surface area (Å²) in [6.07, 6.45) is 10.5. The monoisotopic (exact) mass is 438 g/mol. The van der Waals surface area contributed by atoms with Crippen molar-refractivity contribution in [1.82, 2.24) is 20.0 Å². The predicted octanol–water partition coefficient (Wildman–Crippen LogP) is 3.88. The molecule has 7 heteroatoms. The average Bonchev–Trinajstić information content (AvgIpc) is 3.31. The number of aromatic nitrogens is 2. The number of likely N-dealkylation sites (tertiary alicyclic amines) is 1. The number of ether oxygens (including phenoxy) is 1. The van der Waals surface area contributed by atoms with Crippen molar-refractivity contribution in [3.8, 4) is 5.69 Å². The molecule has 2 aliphatic rings. The van der Waals surface area contributed by atoms with Crippen LogP contribution in [0.5, 0.6) is 0 Å². The van der Waals surface area contributed by atoms with Gasteiger partial charge in [0.2, 0.25) is 0 Å². The quantitative estimate of drug-likeness (QED) is 0.547. The highest BCUT2D eigenvalue weighted by Gasteiger charge is 2.29. The maximum absolute atomic E-state index is 12.8. The zero-order valence-corrected chi connectivity index (χ0v) is 19.2. The summed E-state index contributed by atoms with van der Waals surface area (Å²) in [5, 5.41) is 7.54. The number of nitrogens with one attached hydrogen (secondary N) is 1. The van der Waals surface area contributed by atoms with Crippen LogP contribution in [0.2, 0.25) is 0 Å². The topological polar surface area (TPSA) is 76.5 Å². The van der Waals surface area contributed by atoms with Gasteiger partial charge in [0.15, 0.2) is 0 Å². The van der Waals surface area contributed by atoms with Crippen molar-refractivity contribution in [2.45, 2.75) is 70.9 Å². The van der Waals surface area contributed by atoms with Crippen LogP contribution in [0.25, 0.3) is 5.69 Å². The fraction of sp³-hybridized carbons (Fsp3) is 0.560. The molecule has 172 valence electrons. The molecule has 1 aliphatic carbocycles. The molecule has 1 aliphatic heterocycles. The minimum atomic E-state index is -0.373. The third kappa shape index (κ3) is 5.04. The van der Waals surface area contributed by atoms with Crippen LogP contribution in [0.15, 0.2) is 30.5 Å². The first-order valence-electron chi connectivity index (χ1n) is 11.9. The molecule has 0 bridgehead atoms. The summed E-state index contributed by atoms with van der Waals surface area (Å²) in [5.74, 6) is -0.407. The molecule has 1 aromatic carbocycles. The van der Waals surface area contributed by atoms with Gasteiger partial charge in [0.05, 0.1) is 24.2 Å². The van der Waals surface area contributed by atoms with Gasteiger partial charge in [-0.3, -0.25) is 9.69 Å². The van der Waals surface area contributed by atoms with E-state index in [-0.39, 0.29) is 17.9 Å². The third-order valence-corrected chi connectivity index (χ3v) is 6.78. The summed E-state index contributed by atoms with van der Waals surface area (Å²) in [6, 6.07) is 8.25. The van der Waals surface area contributed by atoms with Crippen LogP contribution in [0.3, 0.4) is 0 Å². The highest BCUT2D eigenvalue weighted by Crippen LogP contribution is 2.25. The van der Waals surface area contributed by atoms with E-state index in [1.54, 1.807) is 11.6 Å². The van der Waals surface area contributed by atoms with Crippen molar-refractivity contribution >= 4 is 11.9 Å². The van der Waals surface area contributed by atoms with E-state index in [2.05, 4.69) is 15.3 Å². The maximum Gasteiger partial charge on any atom is 0.341 e. The van der Waals surface area contributed by atoms with Gasteiger partial charge < -0.3 is 10.1 Å². The van der Waals surface area contributed by atoms with E-state index in [0.29, 0.717) is 29.5 Å². The number of hydrogen-bond donors (Lipinski definition) is 1. The minimum Gasteiger partial charge on any atom is -0.462 e. The SMILES string of the molecule is CCOC(=O)c1cnn(-c2ccc(C(=O)NC3CCN(C4CCCCCC4)C3)cc2)c1C. The largest absolute Gasteiger partial charge is 0.462 e. The highest BCUT2D eigenvalue weighted by atomic mass is 16.5. The number of benzene rings is 1. The smallest absolute Gasteiger partial charge is 0.341 e. The van der Waals surface area contributed by atoms with Gasteiger partial charge in [0.1, 0.15) is 5.56 Å². The van der Waals surface area contributed by atoms with Crippen LogP contribution in [0.4, 0.5) is 0 Å². The Morgan fingerprint density at radius 3 is 2.50 bits per heavy atom. The summed E-state index contributed by atoms with van der Waals surface area (Å²) < 4.78 is 6.77. The molecule has 2 heterocycles. The lowest BCUT2D eigenvalue weighted by atomic mass is 10.1. The Labute approximate surface area is 190 Å². The van der Waals surface area contributed by atoms with Crippen molar-refractivity contribution in [3.05, 3.63) is 47.3 Å². The third-order valence-electron chi connectivity index (χ3n) is 6.78. The van der Waals surface area contributed by atoms with E-state index >= 15 is 0 Å². The van der Waals surface area contributed by atoms with Crippen LogP contribution in [-0.2, 0) is 4.74 Å². The Morgan fingerprint density at radius 2 is 1.81 bits per heavy atom. The highest BCUT2D eigenvalue weighted by molar-refractivity contribution is 5.94. The summed E-state index contributed by atoms with van der Waals surface area (Å²) in [6.45, 7) is 5.97. The number of carbonyl (C=O) groups is 2. The van der Waals surface area contributed by atoms with Gasteiger partial charge in [-0.15, -0.1) is 0 Å². The number of rotatable bonds is 6. The first kappa shape index (κ1) is 22.5. The molecule has 4 rings (SSSR count). The first-order chi connectivity index (χ1) is 15.6. The number of amides is 1. The average molecular weight is 439 g/mol. The van der Waals surface area contributed by atoms with Crippen molar-refractivity contribution < 1.29 is 14.3 Å². The Hall–Kier alpha value is -2.67. The van der Waals surface area contributed by atoms with Crippen molar-refractivity contribution in [3.63, 3.8) is 0 Å². The molecule has 1 atom stereocenters. The number of esters is 1. The Kier molecular flexibility index (Phi) is 7.25. The predicted molar refractivity (Wildman–Crippen MR) is 123 cm³/mol. The second-order valence-corrected chi connectivity index (χ2v) is 8.92. The van der Waals surface area contributed by atoms with Crippen LogP contribution < -0.4 is 5.32 Å². The van der Waals surface area contributed by atoms with E-state index in [1.807, 2.05) is 31.2 Å². The van der Waals surface area contributed by atoms with E-state index in [9.17, 15) is 9.59 Å². The molecule has 1 N–H and O–H groups in total. The molecule has 2 aromatic rings. The van der Waals surface area contributed by atoms with Crippen LogP contribution in [0.1, 0.15) is 78.3 Å². The molecule has 1 aromatic heterocycles. The molecule has 1 saturated carbocycles. The summed E-state index contributed by atoms with van der Waals surface area (Å²) in [7, 11) is 0. The zero-order chi connectivity index (χ0) is 22.5. The minimum absolute atomic E-state index is 0.0336. The lowest BCUT2D eigenvalue weighted by Gasteiger charge is -2.26. The van der Waals surface area contributed by atoms with Gasteiger partial charge in [-0.05, 0) is 57.4 Å². The maximum atomic E-state index is 12.8. The molecule has 1 saturated heterocycles. The molecule has 1 amide bonds. The van der Waals surface area contributed by atoms with Gasteiger partial charge in [0, 0.05) is 30.7 Å². The molecule has 7 nitrogen and oxygen atoms in total. The lowest BCUT2D eigenvalue weighted by molar-refractivity contribution is 0.0525. The van der Waals surface area contributed by atoms with Crippen molar-refractivity contribution in [2.24, 2.45) is 0 Å². The van der Waals surface area contributed by atoms with E-state index in [4.69, 9.17) is 4.74 Å². The van der Waals surface area contributed by atoms with Gasteiger partial charge in [0.25, 0.3) is 5.91 Å². The van der Waals surface area contributed by atoms with Crippen LogP contribution in [0, 0.1) is 6.92 Å². The van der Waals surface area contributed by atoms with Gasteiger partial charge in [-0.1, -0.05) is 25.7 Å². The van der Waals surface area contributed by atoms with Crippen LogP contribution >= 0.6 is 0 Å². The number of nitrogens with zero attached hydrogens (tertiary/aromatic N) is 3. The molecular weight excluding hydrogens is 404 g/mol. The molecule has 2 fully saturated rings. The van der Waals surface area contributed by atoms with Gasteiger partial charge >= 0.3 is 5.97 Å². The second-order valence-electron chi connectivity index (χ2n) is 8.92. The lowest BCUT2D eigenvalue weighted by Crippen LogP contribution is -2.39. The number of hydrogen-bond acceptors (Lipinski definition) is 5. The standard InChI is InChI=1S/C25H34N4O3/c1-3-32-25(31)23-16-26-29(18(23)2)22-12-10-19(11-13-22)24(30)27-20-14-15-28(17-20)21-8-6-4-5-7-9-21/h10-13,16,20-21H,3-9,14-15,17H2,1-2H3,(H,27,30). The first-order valence-corrected chi connectivity index (χ1v) is 11.9. The molecule has 32 heavy (non-hydrogen) atoms. The van der Waals surface area contributed by atoms with Crippen LogP contribution in [-0.4, -0.2) is 58.3 Å². The second kappa shape index (κ2) is 10.3. The molecule has 0 radical (unpaired) electrons. The van der Waals surface area contributed by atoms with Gasteiger partial charge in [-0.25, -0.2) is 9.48 Å². The molecule has 1 unspecified atom stereocenters. The van der Waals surface area contributed by atoms with Crippen molar-refractivity contribution in [1.29, 1.82) is 0 Å². The van der Waals surface area contributed by atoms with E-state index in [0.717, 1.165) is 25.2 Å². The summed E-state index contributed by atoms with van der Waals surface area (Å²) in [5.41, 5.74) is 2.60. The Balaban J connectivity index is 1.35. The molecular formula is C25H34N4O3. The summed E-state index contributed by atoms with van der Waals surface area (Å²) in [4.78, 5) is 27.4.